The molecule has 0 spiro atoms. The number of hydrogen-bond donors (Lipinski definition) is 1. The van der Waals surface area contributed by atoms with Crippen molar-refractivity contribution in [3.8, 4) is 0 Å². The molecule has 0 amide bonds. The Hall–Kier alpha value is -1.03. The zero-order chi connectivity index (χ0) is 13.9. The summed E-state index contributed by atoms with van der Waals surface area (Å²) >= 11 is 0. The predicted octanol–water partition coefficient (Wildman–Crippen LogP) is 3.74. The number of aryl methyl sites for hydroxylation is 1. The smallest absolute Gasteiger partial charge is 0.134 e. The summed E-state index contributed by atoms with van der Waals surface area (Å²) in [6.07, 6.45) is 2.46. The van der Waals surface area contributed by atoms with Gasteiger partial charge in [-0.1, -0.05) is 25.1 Å². The van der Waals surface area contributed by atoms with Crippen LogP contribution in [0.3, 0.4) is 0 Å². The van der Waals surface area contributed by atoms with Gasteiger partial charge in [0.25, 0.3) is 0 Å². The standard InChI is InChI=1S/C17H24N2O.ClH/c1-3-10-19(14-8-9-18-11-14)12-16-13(2)20-17-7-5-4-6-15(16)17;/h4-7,14,18H,3,8-12H2,1-2H3;1H. The molecule has 21 heavy (non-hydrogen) atoms. The summed E-state index contributed by atoms with van der Waals surface area (Å²) in [7, 11) is 0. The maximum Gasteiger partial charge on any atom is 0.134 e. The van der Waals surface area contributed by atoms with E-state index in [0.717, 1.165) is 37.5 Å². The third-order valence-electron chi connectivity index (χ3n) is 4.32. The van der Waals surface area contributed by atoms with Gasteiger partial charge in [0.05, 0.1) is 0 Å². The molecule has 1 atom stereocenters. The Labute approximate surface area is 133 Å². The summed E-state index contributed by atoms with van der Waals surface area (Å²) in [5, 5.41) is 4.75. The second-order valence-electron chi connectivity index (χ2n) is 5.75. The van der Waals surface area contributed by atoms with Gasteiger partial charge in [0.1, 0.15) is 11.3 Å². The fraction of sp³-hybridized carbons (Fsp3) is 0.529. The van der Waals surface area contributed by atoms with Gasteiger partial charge in [-0.15, -0.1) is 12.4 Å². The van der Waals surface area contributed by atoms with Gasteiger partial charge in [0.2, 0.25) is 0 Å². The van der Waals surface area contributed by atoms with Gasteiger partial charge in [0.15, 0.2) is 0 Å². The number of fused-ring (bicyclic) bond motifs is 1. The zero-order valence-electron chi connectivity index (χ0n) is 12.9. The number of rotatable bonds is 5. The van der Waals surface area contributed by atoms with E-state index < -0.39 is 0 Å². The topological polar surface area (TPSA) is 28.4 Å². The van der Waals surface area contributed by atoms with Gasteiger partial charge in [-0.25, -0.2) is 0 Å². The third-order valence-corrected chi connectivity index (χ3v) is 4.32. The number of benzene rings is 1. The lowest BCUT2D eigenvalue weighted by atomic mass is 10.1. The first-order valence-electron chi connectivity index (χ1n) is 7.71. The first-order valence-corrected chi connectivity index (χ1v) is 7.71. The number of furan rings is 1. The first-order chi connectivity index (χ1) is 9.79. The van der Waals surface area contributed by atoms with Gasteiger partial charge in [-0.05, 0) is 38.9 Å². The Bertz CT molecular complexity index is 575. The van der Waals surface area contributed by atoms with E-state index in [0.29, 0.717) is 6.04 Å². The van der Waals surface area contributed by atoms with Crippen molar-refractivity contribution < 1.29 is 4.42 Å². The zero-order valence-corrected chi connectivity index (χ0v) is 13.7. The molecule has 0 bridgehead atoms. The summed E-state index contributed by atoms with van der Waals surface area (Å²) in [5.74, 6) is 1.07. The normalized spacial score (nSPS) is 18.3. The molecule has 1 aliphatic heterocycles. The van der Waals surface area contributed by atoms with Crippen molar-refractivity contribution in [3.63, 3.8) is 0 Å². The molecule has 1 aromatic heterocycles. The van der Waals surface area contributed by atoms with Crippen LogP contribution in [0.25, 0.3) is 11.0 Å². The van der Waals surface area contributed by atoms with E-state index in [1.165, 1.54) is 23.8 Å². The summed E-state index contributed by atoms with van der Waals surface area (Å²) in [4.78, 5) is 2.62. The van der Waals surface area contributed by atoms with Crippen LogP contribution in [0.15, 0.2) is 28.7 Å². The Balaban J connectivity index is 0.00000161. The predicted molar refractivity (Wildman–Crippen MR) is 90.2 cm³/mol. The summed E-state index contributed by atoms with van der Waals surface area (Å²) in [6.45, 7) is 8.78. The van der Waals surface area contributed by atoms with Crippen molar-refractivity contribution in [1.29, 1.82) is 0 Å². The summed E-state index contributed by atoms with van der Waals surface area (Å²) in [6, 6.07) is 9.05. The summed E-state index contributed by atoms with van der Waals surface area (Å²) < 4.78 is 5.90. The molecule has 116 valence electrons. The fourth-order valence-corrected chi connectivity index (χ4v) is 3.25. The molecular weight excluding hydrogens is 284 g/mol. The monoisotopic (exact) mass is 308 g/mol. The average molecular weight is 309 g/mol. The number of nitrogens with one attached hydrogen (secondary N) is 1. The quantitative estimate of drug-likeness (QED) is 0.912. The van der Waals surface area contributed by atoms with Crippen molar-refractivity contribution in [2.24, 2.45) is 0 Å². The van der Waals surface area contributed by atoms with Crippen LogP contribution in [-0.4, -0.2) is 30.6 Å². The lowest BCUT2D eigenvalue weighted by molar-refractivity contribution is 0.199. The molecule has 4 heteroatoms. The molecule has 3 rings (SSSR count). The van der Waals surface area contributed by atoms with E-state index in [2.05, 4.69) is 42.3 Å². The van der Waals surface area contributed by atoms with Gasteiger partial charge in [0, 0.05) is 30.1 Å². The maximum absolute atomic E-state index is 5.90. The van der Waals surface area contributed by atoms with E-state index in [9.17, 15) is 0 Å². The number of nitrogens with zero attached hydrogens (tertiary/aromatic N) is 1. The van der Waals surface area contributed by atoms with Crippen molar-refractivity contribution in [1.82, 2.24) is 10.2 Å². The van der Waals surface area contributed by atoms with Gasteiger partial charge in [-0.2, -0.15) is 0 Å². The van der Waals surface area contributed by atoms with Crippen LogP contribution >= 0.6 is 12.4 Å². The van der Waals surface area contributed by atoms with E-state index in [-0.39, 0.29) is 12.4 Å². The molecule has 1 aromatic carbocycles. The molecule has 1 N–H and O–H groups in total. The van der Waals surface area contributed by atoms with Gasteiger partial charge in [-0.3, -0.25) is 4.90 Å². The lowest BCUT2D eigenvalue weighted by Crippen LogP contribution is -2.37. The van der Waals surface area contributed by atoms with Crippen LogP contribution in [0.4, 0.5) is 0 Å². The van der Waals surface area contributed by atoms with Crippen molar-refractivity contribution in [2.45, 2.75) is 39.3 Å². The molecule has 2 heterocycles. The van der Waals surface area contributed by atoms with Crippen molar-refractivity contribution in [2.75, 3.05) is 19.6 Å². The van der Waals surface area contributed by atoms with E-state index in [1.807, 2.05) is 6.07 Å². The minimum absolute atomic E-state index is 0. The van der Waals surface area contributed by atoms with Gasteiger partial charge < -0.3 is 9.73 Å². The number of hydrogen-bond acceptors (Lipinski definition) is 3. The average Bonchev–Trinajstić information content (AvgIpc) is 3.07. The molecule has 1 fully saturated rings. The van der Waals surface area contributed by atoms with Crippen molar-refractivity contribution in [3.05, 3.63) is 35.6 Å². The van der Waals surface area contributed by atoms with Crippen LogP contribution in [0.2, 0.25) is 0 Å². The minimum atomic E-state index is 0. The highest BCUT2D eigenvalue weighted by Crippen LogP contribution is 2.27. The first kappa shape index (κ1) is 16.3. The molecule has 0 aliphatic carbocycles. The van der Waals surface area contributed by atoms with Crippen LogP contribution in [0, 0.1) is 6.92 Å². The highest BCUT2D eigenvalue weighted by atomic mass is 35.5. The van der Waals surface area contributed by atoms with E-state index in [1.54, 1.807) is 0 Å². The van der Waals surface area contributed by atoms with Crippen molar-refractivity contribution >= 4 is 23.4 Å². The Morgan fingerprint density at radius 1 is 1.33 bits per heavy atom. The van der Waals surface area contributed by atoms with E-state index >= 15 is 0 Å². The second kappa shape index (κ2) is 7.30. The van der Waals surface area contributed by atoms with Crippen LogP contribution in [-0.2, 0) is 6.54 Å². The maximum atomic E-state index is 5.90. The molecule has 0 radical (unpaired) electrons. The molecular formula is C17H25ClN2O. The lowest BCUT2D eigenvalue weighted by Gasteiger charge is -2.27. The fourth-order valence-electron chi connectivity index (χ4n) is 3.25. The second-order valence-corrected chi connectivity index (χ2v) is 5.75. The Morgan fingerprint density at radius 2 is 2.14 bits per heavy atom. The molecule has 2 aromatic rings. The molecule has 3 nitrogen and oxygen atoms in total. The molecule has 1 aliphatic rings. The van der Waals surface area contributed by atoms with E-state index in [4.69, 9.17) is 4.42 Å². The minimum Gasteiger partial charge on any atom is -0.461 e. The number of halogens is 1. The summed E-state index contributed by atoms with van der Waals surface area (Å²) in [5.41, 5.74) is 2.38. The highest BCUT2D eigenvalue weighted by molar-refractivity contribution is 5.85. The molecule has 1 unspecified atom stereocenters. The van der Waals surface area contributed by atoms with Crippen LogP contribution in [0.5, 0.6) is 0 Å². The van der Waals surface area contributed by atoms with Crippen LogP contribution in [0.1, 0.15) is 31.1 Å². The largest absolute Gasteiger partial charge is 0.461 e. The molecule has 0 saturated carbocycles. The Kier molecular flexibility index (Phi) is 5.68. The Morgan fingerprint density at radius 3 is 2.86 bits per heavy atom. The van der Waals surface area contributed by atoms with Crippen LogP contribution < -0.4 is 5.32 Å². The van der Waals surface area contributed by atoms with Gasteiger partial charge >= 0.3 is 0 Å². The third kappa shape index (κ3) is 3.42. The molecule has 1 saturated heterocycles. The SMILES string of the molecule is CCCN(Cc1c(C)oc2ccccc12)C1CCNC1.Cl. The number of para-hydroxylation sites is 1. The highest BCUT2D eigenvalue weighted by Gasteiger charge is 2.23.